The molecule has 0 radical (unpaired) electrons. The molecule has 2 saturated heterocycles. The van der Waals surface area contributed by atoms with Crippen molar-refractivity contribution in [1.29, 1.82) is 0 Å². The van der Waals surface area contributed by atoms with Crippen LogP contribution in [0.1, 0.15) is 38.7 Å². The van der Waals surface area contributed by atoms with Gasteiger partial charge in [0.05, 0.1) is 24.8 Å². The van der Waals surface area contributed by atoms with Crippen molar-refractivity contribution in [3.8, 4) is 11.5 Å². The van der Waals surface area contributed by atoms with Crippen molar-refractivity contribution in [2.24, 2.45) is 4.99 Å². The number of rotatable bonds is 5. The Kier molecular flexibility index (Phi) is 4.69. The van der Waals surface area contributed by atoms with E-state index in [9.17, 15) is 0 Å². The third kappa shape index (κ3) is 3.61. The predicted molar refractivity (Wildman–Crippen MR) is 101 cm³/mol. The summed E-state index contributed by atoms with van der Waals surface area (Å²) in [6.07, 6.45) is 5.11. The van der Waals surface area contributed by atoms with Crippen molar-refractivity contribution in [3.63, 3.8) is 0 Å². The minimum absolute atomic E-state index is 0.158. The third-order valence-electron chi connectivity index (χ3n) is 5.36. The molecule has 3 aliphatic heterocycles. The zero-order valence-electron chi connectivity index (χ0n) is 15.9. The van der Waals surface area contributed by atoms with Crippen molar-refractivity contribution in [3.05, 3.63) is 23.8 Å². The van der Waals surface area contributed by atoms with Gasteiger partial charge >= 0.3 is 0 Å². The highest BCUT2D eigenvalue weighted by molar-refractivity contribution is 5.80. The summed E-state index contributed by atoms with van der Waals surface area (Å²) in [5, 5.41) is 6.81. The smallest absolute Gasteiger partial charge is 0.191 e. The van der Waals surface area contributed by atoms with Crippen molar-refractivity contribution in [2.75, 3.05) is 20.2 Å². The number of fused-ring (bicyclic) bond motifs is 3. The van der Waals surface area contributed by atoms with Crippen LogP contribution in [0.3, 0.4) is 0 Å². The zero-order valence-corrected chi connectivity index (χ0v) is 15.9. The molecule has 1 aromatic carbocycles. The summed E-state index contributed by atoms with van der Waals surface area (Å²) >= 11 is 0. The summed E-state index contributed by atoms with van der Waals surface area (Å²) < 4.78 is 17.9. The number of nitrogens with zero attached hydrogens (tertiary/aromatic N) is 1. The van der Waals surface area contributed by atoms with Crippen molar-refractivity contribution >= 4 is 5.96 Å². The van der Waals surface area contributed by atoms with Crippen LogP contribution in [0.5, 0.6) is 11.5 Å². The van der Waals surface area contributed by atoms with Crippen LogP contribution in [0.15, 0.2) is 23.2 Å². The molecule has 0 amide bonds. The van der Waals surface area contributed by atoms with E-state index in [0.717, 1.165) is 36.7 Å². The molecule has 3 aliphatic rings. The molecule has 4 rings (SSSR count). The molecular weight excluding hydrogens is 330 g/mol. The highest BCUT2D eigenvalue weighted by atomic mass is 16.5. The van der Waals surface area contributed by atoms with Gasteiger partial charge in [-0.2, -0.15) is 0 Å². The molecule has 142 valence electrons. The first kappa shape index (κ1) is 17.5. The highest BCUT2D eigenvalue weighted by Crippen LogP contribution is 2.41. The molecule has 3 atom stereocenters. The Morgan fingerprint density at radius 3 is 2.96 bits per heavy atom. The number of ether oxygens (including phenoxy) is 3. The maximum Gasteiger partial charge on any atom is 0.191 e. The van der Waals surface area contributed by atoms with Crippen LogP contribution in [0.2, 0.25) is 0 Å². The van der Waals surface area contributed by atoms with Gasteiger partial charge in [0.25, 0.3) is 0 Å². The minimum Gasteiger partial charge on any atom is -0.488 e. The fraction of sp³-hybridized carbons (Fsp3) is 0.650. The Hall–Kier alpha value is -1.95. The van der Waals surface area contributed by atoms with Crippen LogP contribution >= 0.6 is 0 Å². The predicted octanol–water partition coefficient (Wildman–Crippen LogP) is 2.26. The molecule has 3 unspecified atom stereocenters. The second-order valence-corrected chi connectivity index (χ2v) is 7.99. The minimum atomic E-state index is -0.158. The molecule has 0 aliphatic carbocycles. The SMILES string of the molecule is CN=C(NCCOc1cccc2c1OC(C)(C)C2)NC1CC2CCC1O2. The topological polar surface area (TPSA) is 64.1 Å². The number of hydrogen-bond donors (Lipinski definition) is 2. The molecule has 1 aromatic rings. The van der Waals surface area contributed by atoms with Crippen molar-refractivity contribution in [1.82, 2.24) is 10.6 Å². The highest BCUT2D eigenvalue weighted by Gasteiger charge is 2.41. The van der Waals surface area contributed by atoms with Crippen LogP contribution in [-0.4, -0.2) is 50.0 Å². The van der Waals surface area contributed by atoms with Crippen LogP contribution in [0, 0.1) is 0 Å². The third-order valence-corrected chi connectivity index (χ3v) is 5.36. The summed E-state index contributed by atoms with van der Waals surface area (Å²) in [6, 6.07) is 6.48. The first-order chi connectivity index (χ1) is 12.5. The van der Waals surface area contributed by atoms with Crippen molar-refractivity contribution < 1.29 is 14.2 Å². The van der Waals surface area contributed by atoms with E-state index < -0.39 is 0 Å². The average Bonchev–Trinajstić information content (AvgIpc) is 3.30. The summed E-state index contributed by atoms with van der Waals surface area (Å²) in [7, 11) is 1.80. The quantitative estimate of drug-likeness (QED) is 0.480. The fourth-order valence-corrected chi connectivity index (χ4v) is 4.19. The molecule has 6 heteroatoms. The zero-order chi connectivity index (χ0) is 18.1. The van der Waals surface area contributed by atoms with Gasteiger partial charge in [-0.15, -0.1) is 0 Å². The maximum absolute atomic E-state index is 6.05. The van der Waals surface area contributed by atoms with Gasteiger partial charge in [0.15, 0.2) is 17.5 Å². The second-order valence-electron chi connectivity index (χ2n) is 7.99. The lowest BCUT2D eigenvalue weighted by atomic mass is 9.96. The lowest BCUT2D eigenvalue weighted by Gasteiger charge is -2.22. The average molecular weight is 359 g/mol. The second kappa shape index (κ2) is 6.99. The van der Waals surface area contributed by atoms with Gasteiger partial charge in [-0.1, -0.05) is 12.1 Å². The Balaban J connectivity index is 1.25. The van der Waals surface area contributed by atoms with E-state index in [1.807, 2.05) is 12.1 Å². The van der Waals surface area contributed by atoms with Gasteiger partial charge in [-0.3, -0.25) is 4.99 Å². The Labute approximate surface area is 155 Å². The number of benzene rings is 1. The van der Waals surface area contributed by atoms with Crippen LogP contribution in [-0.2, 0) is 11.2 Å². The Morgan fingerprint density at radius 1 is 1.35 bits per heavy atom. The van der Waals surface area contributed by atoms with E-state index >= 15 is 0 Å². The molecule has 6 nitrogen and oxygen atoms in total. The molecule has 3 heterocycles. The summed E-state index contributed by atoms with van der Waals surface area (Å²) in [5.41, 5.74) is 1.06. The van der Waals surface area contributed by atoms with Gasteiger partial charge in [0.2, 0.25) is 0 Å². The van der Waals surface area contributed by atoms with E-state index in [-0.39, 0.29) is 5.60 Å². The standard InChI is InChI=1S/C20H29N3O3/c1-20(2)12-13-5-4-6-17(18(13)26-20)24-10-9-22-19(21-3)23-15-11-14-7-8-16(15)25-14/h4-6,14-16H,7-12H2,1-3H3,(H2,21,22,23). The molecule has 26 heavy (non-hydrogen) atoms. The van der Waals surface area contributed by atoms with Gasteiger partial charge in [0.1, 0.15) is 12.2 Å². The number of nitrogens with one attached hydrogen (secondary N) is 2. The molecule has 0 aromatic heterocycles. The monoisotopic (exact) mass is 359 g/mol. The lowest BCUT2D eigenvalue weighted by Crippen LogP contribution is -2.48. The van der Waals surface area contributed by atoms with E-state index in [0.29, 0.717) is 31.4 Å². The molecule has 2 N–H and O–H groups in total. The van der Waals surface area contributed by atoms with E-state index in [4.69, 9.17) is 14.2 Å². The number of para-hydroxylation sites is 1. The largest absolute Gasteiger partial charge is 0.488 e. The fourth-order valence-electron chi connectivity index (χ4n) is 4.19. The molecule has 0 spiro atoms. The van der Waals surface area contributed by atoms with Gasteiger partial charge in [0, 0.05) is 19.0 Å². The first-order valence-corrected chi connectivity index (χ1v) is 9.60. The molecule has 2 fully saturated rings. The van der Waals surface area contributed by atoms with Gasteiger partial charge in [-0.25, -0.2) is 0 Å². The van der Waals surface area contributed by atoms with Gasteiger partial charge in [-0.05, 0) is 39.2 Å². The van der Waals surface area contributed by atoms with Crippen LogP contribution < -0.4 is 20.1 Å². The molecular formula is C20H29N3O3. The lowest BCUT2D eigenvalue weighted by molar-refractivity contribution is 0.0992. The Morgan fingerprint density at radius 2 is 2.23 bits per heavy atom. The Bertz CT molecular complexity index is 689. The van der Waals surface area contributed by atoms with Crippen LogP contribution in [0.4, 0.5) is 0 Å². The number of guanidine groups is 1. The number of hydrogen-bond acceptors (Lipinski definition) is 4. The summed E-state index contributed by atoms with van der Waals surface area (Å²) in [4.78, 5) is 4.32. The normalized spacial score (nSPS) is 28.6. The molecule has 0 saturated carbocycles. The van der Waals surface area contributed by atoms with E-state index in [1.165, 1.54) is 12.0 Å². The van der Waals surface area contributed by atoms with Crippen molar-refractivity contribution in [2.45, 2.75) is 63.4 Å². The maximum atomic E-state index is 6.05. The van der Waals surface area contributed by atoms with Gasteiger partial charge < -0.3 is 24.8 Å². The van der Waals surface area contributed by atoms with E-state index in [2.05, 4.69) is 35.5 Å². The van der Waals surface area contributed by atoms with E-state index in [1.54, 1.807) is 7.05 Å². The number of aliphatic imine (C=N–C) groups is 1. The summed E-state index contributed by atoms with van der Waals surface area (Å²) in [6.45, 7) is 5.43. The first-order valence-electron chi connectivity index (χ1n) is 9.60. The molecule has 2 bridgehead atoms. The summed E-state index contributed by atoms with van der Waals surface area (Å²) in [5.74, 6) is 2.52. The van der Waals surface area contributed by atoms with Crippen LogP contribution in [0.25, 0.3) is 0 Å².